The van der Waals surface area contributed by atoms with E-state index in [1.165, 1.54) is 16.2 Å². The van der Waals surface area contributed by atoms with Crippen molar-refractivity contribution in [3.8, 4) is 0 Å². The molecule has 1 aliphatic heterocycles. The van der Waals surface area contributed by atoms with E-state index < -0.39 is 0 Å². The van der Waals surface area contributed by atoms with Crippen LogP contribution in [0.1, 0.15) is 17.0 Å². The van der Waals surface area contributed by atoms with Crippen LogP contribution in [0.4, 0.5) is 0 Å². The molecule has 0 amide bonds. The van der Waals surface area contributed by atoms with Gasteiger partial charge in [0.05, 0.1) is 0 Å². The Morgan fingerprint density at radius 1 is 1.28 bits per heavy atom. The summed E-state index contributed by atoms with van der Waals surface area (Å²) in [6, 6.07) is 11.1. The predicted octanol–water partition coefficient (Wildman–Crippen LogP) is 4.07. The summed E-state index contributed by atoms with van der Waals surface area (Å²) < 4.78 is 0. The van der Waals surface area contributed by atoms with Crippen LogP contribution < -0.4 is 0 Å². The largest absolute Gasteiger partial charge is 0.301 e. The third kappa shape index (κ3) is 2.63. The molecule has 1 atom stereocenters. The zero-order valence-corrected chi connectivity index (χ0v) is 12.1. The first-order valence-corrected chi connectivity index (χ1v) is 8.17. The van der Waals surface area contributed by atoms with Gasteiger partial charge in [0.15, 0.2) is 0 Å². The van der Waals surface area contributed by atoms with E-state index in [4.69, 9.17) is 0 Å². The molecule has 2 aromatic rings. The number of thiophene rings is 1. The van der Waals surface area contributed by atoms with E-state index in [1.54, 1.807) is 16.9 Å². The fourth-order valence-electron chi connectivity index (χ4n) is 2.52. The first kappa shape index (κ1) is 12.3. The first-order chi connectivity index (χ1) is 8.83. The van der Waals surface area contributed by atoms with Crippen LogP contribution in [0.3, 0.4) is 0 Å². The number of hydrogen-bond acceptors (Lipinski definition) is 3. The highest BCUT2D eigenvalue weighted by Gasteiger charge is 2.23. The van der Waals surface area contributed by atoms with Gasteiger partial charge in [-0.15, -0.1) is 11.8 Å². The second-order valence-electron chi connectivity index (χ2n) is 4.87. The number of nitrogens with zero attached hydrogens (tertiary/aromatic N) is 1. The lowest BCUT2D eigenvalue weighted by Gasteiger charge is -2.20. The Kier molecular flexibility index (Phi) is 3.73. The first-order valence-electron chi connectivity index (χ1n) is 6.24. The Morgan fingerprint density at radius 3 is 3.00 bits per heavy atom. The molecule has 94 valence electrons. The third-order valence-electron chi connectivity index (χ3n) is 3.36. The zero-order valence-electron chi connectivity index (χ0n) is 10.5. The lowest BCUT2D eigenvalue weighted by molar-refractivity contribution is 0.312. The van der Waals surface area contributed by atoms with Crippen LogP contribution in [0.5, 0.6) is 0 Å². The molecule has 1 unspecified atom stereocenters. The second kappa shape index (κ2) is 5.47. The van der Waals surface area contributed by atoms with E-state index in [2.05, 4.69) is 53.0 Å². The van der Waals surface area contributed by atoms with Crippen molar-refractivity contribution in [3.63, 3.8) is 0 Å². The lowest BCUT2D eigenvalue weighted by atomic mass is 10.0. The fourth-order valence-corrected chi connectivity index (χ4v) is 4.42. The molecule has 0 saturated carbocycles. The second-order valence-corrected chi connectivity index (χ2v) is 6.72. The molecular formula is C15H17NS2. The van der Waals surface area contributed by atoms with E-state index in [-0.39, 0.29) is 0 Å². The summed E-state index contributed by atoms with van der Waals surface area (Å²) in [5.41, 5.74) is 2.97. The van der Waals surface area contributed by atoms with Gasteiger partial charge in [-0.1, -0.05) is 18.2 Å². The Morgan fingerprint density at radius 2 is 2.17 bits per heavy atom. The molecule has 1 aliphatic rings. The van der Waals surface area contributed by atoms with Gasteiger partial charge in [0, 0.05) is 29.7 Å². The molecule has 1 aromatic heterocycles. The Labute approximate surface area is 117 Å². The molecule has 18 heavy (non-hydrogen) atoms. The number of fused-ring (bicyclic) bond motifs is 1. The molecule has 0 radical (unpaired) electrons. The average Bonchev–Trinajstić information content (AvgIpc) is 3.00. The van der Waals surface area contributed by atoms with Crippen LogP contribution in [-0.2, 0) is 6.54 Å². The Balaban J connectivity index is 1.64. The molecule has 1 aromatic carbocycles. The summed E-state index contributed by atoms with van der Waals surface area (Å²) in [5, 5.41) is 4.40. The summed E-state index contributed by atoms with van der Waals surface area (Å²) in [5.74, 6) is 1.92. The van der Waals surface area contributed by atoms with Gasteiger partial charge in [0.2, 0.25) is 0 Å². The Bertz CT molecular complexity index is 507. The van der Waals surface area contributed by atoms with E-state index in [1.807, 2.05) is 11.8 Å². The maximum Gasteiger partial charge on any atom is 0.0239 e. The van der Waals surface area contributed by atoms with Crippen LogP contribution in [0.2, 0.25) is 0 Å². The molecule has 1 nitrogen and oxygen atoms in total. The molecule has 0 bridgehead atoms. The predicted molar refractivity (Wildman–Crippen MR) is 80.6 cm³/mol. The highest BCUT2D eigenvalue weighted by atomic mass is 32.2. The minimum atomic E-state index is 0.690. The van der Waals surface area contributed by atoms with Gasteiger partial charge < -0.3 is 4.90 Å². The van der Waals surface area contributed by atoms with Gasteiger partial charge in [-0.25, -0.2) is 0 Å². The van der Waals surface area contributed by atoms with Crippen molar-refractivity contribution in [2.75, 3.05) is 19.3 Å². The number of rotatable bonds is 4. The summed E-state index contributed by atoms with van der Waals surface area (Å²) in [4.78, 5) is 3.92. The smallest absolute Gasteiger partial charge is 0.0239 e. The summed E-state index contributed by atoms with van der Waals surface area (Å²) >= 11 is 3.78. The SMILES string of the molecule is CN(Cc1ccsc1)CC1CSc2ccccc21. The number of likely N-dealkylation sites (N-methyl/N-ethyl adjacent to an activating group) is 1. The number of benzene rings is 1. The molecule has 0 saturated heterocycles. The summed E-state index contributed by atoms with van der Waals surface area (Å²) in [7, 11) is 2.23. The summed E-state index contributed by atoms with van der Waals surface area (Å²) in [6.45, 7) is 2.21. The summed E-state index contributed by atoms with van der Waals surface area (Å²) in [6.07, 6.45) is 0. The van der Waals surface area contributed by atoms with Crippen LogP contribution in [0, 0.1) is 0 Å². The van der Waals surface area contributed by atoms with Gasteiger partial charge in [0.1, 0.15) is 0 Å². The lowest BCUT2D eigenvalue weighted by Crippen LogP contribution is -2.24. The van der Waals surface area contributed by atoms with Crippen LogP contribution in [-0.4, -0.2) is 24.2 Å². The van der Waals surface area contributed by atoms with Gasteiger partial charge in [0.25, 0.3) is 0 Å². The highest BCUT2D eigenvalue weighted by Crippen LogP contribution is 2.39. The number of hydrogen-bond donors (Lipinski definition) is 0. The van der Waals surface area contributed by atoms with Crippen molar-refractivity contribution in [1.82, 2.24) is 4.90 Å². The fraction of sp³-hybridized carbons (Fsp3) is 0.333. The molecule has 3 heteroatoms. The maximum atomic E-state index is 2.44. The standard InChI is InChI=1S/C15H17NS2/c1-16(8-12-6-7-17-10-12)9-13-11-18-15-5-3-2-4-14(13)15/h2-7,10,13H,8-9,11H2,1H3. The zero-order chi connectivity index (χ0) is 12.4. The normalized spacial score (nSPS) is 18.2. The molecule has 3 rings (SSSR count). The van der Waals surface area contributed by atoms with E-state index >= 15 is 0 Å². The van der Waals surface area contributed by atoms with Crippen LogP contribution in [0.25, 0.3) is 0 Å². The molecule has 0 fully saturated rings. The Hall–Kier alpha value is -0.770. The quantitative estimate of drug-likeness (QED) is 0.827. The van der Waals surface area contributed by atoms with Gasteiger partial charge >= 0.3 is 0 Å². The monoisotopic (exact) mass is 275 g/mol. The van der Waals surface area contributed by atoms with Gasteiger partial charge in [-0.3, -0.25) is 0 Å². The molecule has 0 N–H and O–H groups in total. The molecule has 2 heterocycles. The van der Waals surface area contributed by atoms with Crippen molar-refractivity contribution in [2.45, 2.75) is 17.4 Å². The topological polar surface area (TPSA) is 3.24 Å². The molecule has 0 aliphatic carbocycles. The van der Waals surface area contributed by atoms with Crippen LogP contribution in [0.15, 0.2) is 46.0 Å². The highest BCUT2D eigenvalue weighted by molar-refractivity contribution is 7.99. The van der Waals surface area contributed by atoms with Crippen molar-refractivity contribution >= 4 is 23.1 Å². The third-order valence-corrected chi connectivity index (χ3v) is 5.35. The van der Waals surface area contributed by atoms with E-state index in [0.29, 0.717) is 5.92 Å². The molecule has 0 spiro atoms. The van der Waals surface area contributed by atoms with Crippen molar-refractivity contribution in [3.05, 3.63) is 52.2 Å². The van der Waals surface area contributed by atoms with Crippen molar-refractivity contribution < 1.29 is 0 Å². The van der Waals surface area contributed by atoms with Crippen molar-refractivity contribution in [2.24, 2.45) is 0 Å². The average molecular weight is 275 g/mol. The van der Waals surface area contributed by atoms with Crippen molar-refractivity contribution in [1.29, 1.82) is 0 Å². The van der Waals surface area contributed by atoms with E-state index in [0.717, 1.165) is 13.1 Å². The minimum absolute atomic E-state index is 0.690. The van der Waals surface area contributed by atoms with Gasteiger partial charge in [-0.05, 0) is 41.1 Å². The van der Waals surface area contributed by atoms with Crippen LogP contribution >= 0.6 is 23.1 Å². The van der Waals surface area contributed by atoms with Gasteiger partial charge in [-0.2, -0.15) is 11.3 Å². The maximum absolute atomic E-state index is 2.44. The number of thioether (sulfide) groups is 1. The van der Waals surface area contributed by atoms with E-state index in [9.17, 15) is 0 Å². The minimum Gasteiger partial charge on any atom is -0.301 e. The molecular weight excluding hydrogens is 258 g/mol.